The normalized spacial score (nSPS) is 21.6. The Hall–Kier alpha value is -4.67. The van der Waals surface area contributed by atoms with Gasteiger partial charge in [0, 0.05) is 29.4 Å². The van der Waals surface area contributed by atoms with Crippen LogP contribution in [0.4, 0.5) is 0 Å². The number of hydrogen-bond acceptors (Lipinski definition) is 9. The first-order valence-corrected chi connectivity index (χ1v) is 13.8. The molecule has 1 aromatic heterocycles. The number of fused-ring (bicyclic) bond motifs is 1. The number of azide groups is 1. The predicted molar refractivity (Wildman–Crippen MR) is 156 cm³/mol. The molecule has 1 saturated heterocycles. The number of esters is 1. The van der Waals surface area contributed by atoms with Crippen molar-refractivity contribution in [2.45, 2.75) is 57.7 Å². The molecule has 0 bridgehead atoms. The monoisotopic (exact) mass is 585 g/mol. The maximum atomic E-state index is 12.0. The highest BCUT2D eigenvalue weighted by Gasteiger charge is 2.49. The fourth-order valence-electron chi connectivity index (χ4n) is 4.94. The zero-order chi connectivity index (χ0) is 30.2. The maximum Gasteiger partial charge on any atom is 0.336 e. The molecule has 2 heterocycles. The molecule has 0 saturated carbocycles. The van der Waals surface area contributed by atoms with Crippen molar-refractivity contribution in [2.75, 3.05) is 6.61 Å². The first-order chi connectivity index (χ1) is 20.9. The predicted octanol–water partition coefficient (Wildman–Crippen LogP) is 5.62. The summed E-state index contributed by atoms with van der Waals surface area (Å²) >= 11 is 0. The van der Waals surface area contributed by atoms with Gasteiger partial charge in [0.15, 0.2) is 0 Å². The highest BCUT2D eigenvalue weighted by atomic mass is 16.7. The van der Waals surface area contributed by atoms with Crippen molar-refractivity contribution < 1.29 is 32.9 Å². The van der Waals surface area contributed by atoms with Gasteiger partial charge in [-0.05, 0) is 41.3 Å². The van der Waals surface area contributed by atoms with E-state index in [4.69, 9.17) is 28.1 Å². The lowest BCUT2D eigenvalue weighted by Gasteiger charge is -2.44. The van der Waals surface area contributed by atoms with E-state index in [1.807, 2.05) is 67.6 Å². The maximum absolute atomic E-state index is 12.0. The lowest BCUT2D eigenvalue weighted by Crippen LogP contribution is -2.61. The van der Waals surface area contributed by atoms with Crippen molar-refractivity contribution in [3.05, 3.63) is 122 Å². The number of carbonyl (C=O) groups is 1. The first-order valence-electron chi connectivity index (χ1n) is 13.8. The summed E-state index contributed by atoms with van der Waals surface area (Å²) in [6.07, 6.45) is -3.68. The molecule has 0 N–H and O–H groups in total. The van der Waals surface area contributed by atoms with Gasteiger partial charge in [-0.3, -0.25) is 4.79 Å². The Morgan fingerprint density at radius 2 is 1.58 bits per heavy atom. The summed E-state index contributed by atoms with van der Waals surface area (Å²) in [5, 5.41) is 4.77. The fraction of sp³-hybridized carbons (Fsp3) is 0.312. The molecule has 11 heteroatoms. The third-order valence-electron chi connectivity index (χ3n) is 7.00. The van der Waals surface area contributed by atoms with Crippen LogP contribution in [-0.4, -0.2) is 43.2 Å². The van der Waals surface area contributed by atoms with Gasteiger partial charge >= 0.3 is 11.6 Å². The van der Waals surface area contributed by atoms with E-state index in [0.717, 1.165) is 22.1 Å². The second-order valence-corrected chi connectivity index (χ2v) is 10.1. The first kappa shape index (κ1) is 29.8. The SMILES string of the molecule is CC(=O)OC[C@H]1O[C@@H](Oc2ccc3c(C)cc(=O)oc3c2)[C@H](N=[N+]=[N-])[C@@H](OCc2ccccc2)[C@@H]1OCc1ccccc1. The van der Waals surface area contributed by atoms with Crippen LogP contribution in [0.15, 0.2) is 99.3 Å². The Morgan fingerprint density at radius 1 is 0.930 bits per heavy atom. The van der Waals surface area contributed by atoms with Crippen molar-refractivity contribution in [1.29, 1.82) is 0 Å². The van der Waals surface area contributed by atoms with Crippen molar-refractivity contribution in [3.8, 4) is 5.75 Å². The van der Waals surface area contributed by atoms with Gasteiger partial charge in [-0.25, -0.2) is 4.79 Å². The number of benzene rings is 3. The molecule has 5 atom stereocenters. The topological polar surface area (TPSA) is 142 Å². The van der Waals surface area contributed by atoms with Gasteiger partial charge in [-0.15, -0.1) is 0 Å². The van der Waals surface area contributed by atoms with Crippen molar-refractivity contribution >= 4 is 16.9 Å². The molecule has 1 fully saturated rings. The van der Waals surface area contributed by atoms with E-state index in [-0.39, 0.29) is 19.8 Å². The molecule has 0 amide bonds. The third-order valence-corrected chi connectivity index (χ3v) is 7.00. The van der Waals surface area contributed by atoms with Crippen molar-refractivity contribution in [3.63, 3.8) is 0 Å². The second-order valence-electron chi connectivity index (χ2n) is 10.1. The van der Waals surface area contributed by atoms with E-state index >= 15 is 0 Å². The molecule has 0 unspecified atom stereocenters. The van der Waals surface area contributed by atoms with Crippen LogP contribution in [0.5, 0.6) is 5.75 Å². The fourth-order valence-corrected chi connectivity index (χ4v) is 4.94. The van der Waals surface area contributed by atoms with Crippen molar-refractivity contribution in [2.24, 2.45) is 5.11 Å². The van der Waals surface area contributed by atoms with Crippen LogP contribution in [-0.2, 0) is 37.0 Å². The van der Waals surface area contributed by atoms with Gasteiger partial charge in [-0.2, -0.15) is 0 Å². The van der Waals surface area contributed by atoms with Crippen molar-refractivity contribution in [1.82, 2.24) is 0 Å². The molecule has 5 rings (SSSR count). The quantitative estimate of drug-likeness (QED) is 0.0726. The minimum atomic E-state index is -1.16. The van der Waals surface area contributed by atoms with E-state index in [2.05, 4.69) is 10.0 Å². The third kappa shape index (κ3) is 7.59. The number of rotatable bonds is 11. The summed E-state index contributed by atoms with van der Waals surface area (Å²) in [5.74, 6) is -0.192. The molecular weight excluding hydrogens is 554 g/mol. The second kappa shape index (κ2) is 14.0. The Balaban J connectivity index is 1.49. The number of carbonyl (C=O) groups excluding carboxylic acids is 1. The average molecular weight is 586 g/mol. The molecule has 1 aliphatic rings. The zero-order valence-corrected chi connectivity index (χ0v) is 23.7. The molecule has 1 aliphatic heterocycles. The molecule has 11 nitrogen and oxygen atoms in total. The minimum Gasteiger partial charge on any atom is -0.464 e. The Labute approximate surface area is 247 Å². The van der Waals surface area contributed by atoms with Crippen LogP contribution in [0.1, 0.15) is 23.6 Å². The van der Waals surface area contributed by atoms with Gasteiger partial charge in [0.2, 0.25) is 6.29 Å². The summed E-state index contributed by atoms with van der Waals surface area (Å²) in [5.41, 5.74) is 12.0. The summed E-state index contributed by atoms with van der Waals surface area (Å²) in [7, 11) is 0. The van der Waals surface area contributed by atoms with E-state index in [0.29, 0.717) is 11.3 Å². The molecule has 0 radical (unpaired) electrons. The van der Waals surface area contributed by atoms with E-state index in [1.54, 1.807) is 18.2 Å². The van der Waals surface area contributed by atoms with Gasteiger partial charge in [0.25, 0.3) is 0 Å². The van der Waals surface area contributed by atoms with Gasteiger partial charge in [-0.1, -0.05) is 65.8 Å². The number of nitrogens with zero attached hydrogens (tertiary/aromatic N) is 3. The molecule has 4 aromatic rings. The van der Waals surface area contributed by atoms with Crippen LogP contribution in [0.3, 0.4) is 0 Å². The molecule has 3 aromatic carbocycles. The molecule has 0 spiro atoms. The van der Waals surface area contributed by atoms with Gasteiger partial charge < -0.3 is 28.1 Å². The largest absolute Gasteiger partial charge is 0.464 e. The lowest BCUT2D eigenvalue weighted by molar-refractivity contribution is -0.264. The van der Waals surface area contributed by atoms with Gasteiger partial charge in [0.1, 0.15) is 42.3 Å². The Kier molecular flexibility index (Phi) is 9.70. The van der Waals surface area contributed by atoms with Crippen LogP contribution in [0.2, 0.25) is 0 Å². The molecule has 222 valence electrons. The highest BCUT2D eigenvalue weighted by molar-refractivity contribution is 5.81. The molecular formula is C32H31N3O8. The average Bonchev–Trinajstić information content (AvgIpc) is 3.00. The Bertz CT molecular complexity index is 1640. The minimum absolute atomic E-state index is 0.158. The Morgan fingerprint density at radius 3 is 2.21 bits per heavy atom. The summed E-state index contributed by atoms with van der Waals surface area (Å²) in [4.78, 5) is 26.9. The van der Waals surface area contributed by atoms with Crippen LogP contribution in [0.25, 0.3) is 21.4 Å². The smallest absolute Gasteiger partial charge is 0.336 e. The zero-order valence-electron chi connectivity index (χ0n) is 23.7. The molecule has 0 aliphatic carbocycles. The number of ether oxygens (including phenoxy) is 5. The van der Waals surface area contributed by atoms with Crippen LogP contribution >= 0.6 is 0 Å². The molecule has 43 heavy (non-hydrogen) atoms. The number of aryl methyl sites for hydroxylation is 1. The van der Waals surface area contributed by atoms with Gasteiger partial charge in [0.05, 0.1) is 13.2 Å². The lowest BCUT2D eigenvalue weighted by atomic mass is 9.96. The standard InChI is InChI=1S/C32H31N3O8/c1-20-15-28(37)42-26-16-24(13-14-25(20)26)41-32-29(34-35-33)31(40-18-23-11-7-4-8-12-23)30(27(43-32)19-38-21(2)36)39-17-22-9-5-3-6-10-22/h3-16,27,29-32H,17-19H2,1-2H3/t27-,29-,30-,31-,32-/m1/s1. The summed E-state index contributed by atoms with van der Waals surface area (Å²) in [6, 6.07) is 24.5. The van der Waals surface area contributed by atoms with E-state index < -0.39 is 42.2 Å². The summed E-state index contributed by atoms with van der Waals surface area (Å²) < 4.78 is 36.0. The highest BCUT2D eigenvalue weighted by Crippen LogP contribution is 2.33. The summed E-state index contributed by atoms with van der Waals surface area (Å²) in [6.45, 7) is 3.34. The van der Waals surface area contributed by atoms with E-state index in [1.165, 1.54) is 13.0 Å². The van der Waals surface area contributed by atoms with Crippen LogP contribution in [0, 0.1) is 6.92 Å². The van der Waals surface area contributed by atoms with Crippen LogP contribution < -0.4 is 10.4 Å². The van der Waals surface area contributed by atoms with E-state index in [9.17, 15) is 15.1 Å². The number of hydrogen-bond donors (Lipinski definition) is 0.